The van der Waals surface area contributed by atoms with Crippen molar-refractivity contribution in [3.05, 3.63) is 35.9 Å². The smallest absolute Gasteiger partial charge is 0.219 e. The van der Waals surface area contributed by atoms with E-state index < -0.39 is 21.6 Å². The van der Waals surface area contributed by atoms with E-state index in [9.17, 15) is 13.2 Å². The molecule has 1 N–H and O–H groups in total. The average molecular weight is 257 g/mol. The minimum absolute atomic E-state index is 0.168. The summed E-state index contributed by atoms with van der Waals surface area (Å²) in [7, 11) is -2.11. The van der Waals surface area contributed by atoms with Gasteiger partial charge in [0.15, 0.2) is 5.78 Å². The maximum Gasteiger partial charge on any atom is 0.219 e. The molecule has 1 aromatic carbocycles. The Morgan fingerprint density at radius 2 is 1.94 bits per heavy atom. The maximum atomic E-state index is 11.6. The first kappa shape index (κ1) is 13.8. The Hall–Kier alpha value is -1.24. The second-order valence-corrected chi connectivity index (χ2v) is 5.24. The van der Waals surface area contributed by atoms with E-state index in [-0.39, 0.29) is 13.2 Å². The second kappa shape index (κ2) is 6.48. The molecule has 0 spiro atoms. The molecule has 1 aromatic rings. The van der Waals surface area contributed by atoms with Crippen LogP contribution in [0.25, 0.3) is 0 Å². The summed E-state index contributed by atoms with van der Waals surface area (Å²) >= 11 is 0. The molecule has 0 aliphatic rings. The molecule has 0 radical (unpaired) electrons. The highest BCUT2D eigenvalue weighted by Crippen LogP contribution is 2.01. The molecule has 94 valence electrons. The Morgan fingerprint density at radius 3 is 2.53 bits per heavy atom. The molecule has 0 bridgehead atoms. The Labute approximate surface area is 101 Å². The van der Waals surface area contributed by atoms with E-state index in [1.807, 2.05) is 0 Å². The highest BCUT2D eigenvalue weighted by molar-refractivity contribution is 7.90. The van der Waals surface area contributed by atoms with Crippen molar-refractivity contribution in [3.8, 4) is 0 Å². The number of ether oxygens (including phenoxy) is 1. The molecule has 0 fully saturated rings. The van der Waals surface area contributed by atoms with Gasteiger partial charge in [0, 0.05) is 19.2 Å². The van der Waals surface area contributed by atoms with Crippen molar-refractivity contribution >= 4 is 15.8 Å². The molecule has 0 amide bonds. The molecule has 1 rings (SSSR count). The van der Waals surface area contributed by atoms with Gasteiger partial charge < -0.3 is 4.74 Å². The zero-order valence-corrected chi connectivity index (χ0v) is 10.4. The highest BCUT2D eigenvalue weighted by atomic mass is 32.2. The number of rotatable bonds is 7. The van der Waals surface area contributed by atoms with Crippen molar-refractivity contribution in [2.24, 2.45) is 0 Å². The molecule has 6 heteroatoms. The molecule has 17 heavy (non-hydrogen) atoms. The fraction of sp³-hybridized carbons (Fsp3) is 0.364. The highest BCUT2D eigenvalue weighted by Gasteiger charge is 2.16. The Morgan fingerprint density at radius 1 is 1.29 bits per heavy atom. The van der Waals surface area contributed by atoms with Crippen LogP contribution < -0.4 is 4.72 Å². The van der Waals surface area contributed by atoms with E-state index in [1.54, 1.807) is 30.3 Å². The van der Waals surface area contributed by atoms with Crippen molar-refractivity contribution in [2.45, 2.75) is 0 Å². The normalized spacial score (nSPS) is 11.4. The van der Waals surface area contributed by atoms with Gasteiger partial charge in [-0.25, -0.2) is 13.1 Å². The SMILES string of the molecule is COCCNS(=O)(=O)CC(=O)c1ccccc1. The van der Waals surface area contributed by atoms with E-state index in [4.69, 9.17) is 4.74 Å². The van der Waals surface area contributed by atoms with Crippen LogP contribution >= 0.6 is 0 Å². The standard InChI is InChI=1S/C11H15NO4S/c1-16-8-7-12-17(14,15)9-11(13)10-5-3-2-4-6-10/h2-6,12H,7-9H2,1H3. The summed E-state index contributed by atoms with van der Waals surface area (Å²) < 4.78 is 30.0. The third-order valence-electron chi connectivity index (χ3n) is 2.05. The molecular weight excluding hydrogens is 242 g/mol. The number of ketones is 1. The average Bonchev–Trinajstić information content (AvgIpc) is 2.30. The Balaban J connectivity index is 2.56. The minimum atomic E-state index is -3.58. The summed E-state index contributed by atoms with van der Waals surface area (Å²) in [4.78, 5) is 11.6. The number of sulfonamides is 1. The van der Waals surface area contributed by atoms with Gasteiger partial charge in [-0.1, -0.05) is 30.3 Å². The number of carbonyl (C=O) groups is 1. The molecule has 0 aromatic heterocycles. The third kappa shape index (κ3) is 5.08. The molecular formula is C11H15NO4S. The lowest BCUT2D eigenvalue weighted by molar-refractivity contribution is 0.102. The number of hydrogen-bond acceptors (Lipinski definition) is 4. The van der Waals surface area contributed by atoms with E-state index in [0.29, 0.717) is 5.56 Å². The molecule has 0 aliphatic carbocycles. The Bertz CT molecular complexity index is 456. The lowest BCUT2D eigenvalue weighted by atomic mass is 10.2. The van der Waals surface area contributed by atoms with Gasteiger partial charge in [0.25, 0.3) is 0 Å². The molecule has 0 unspecified atom stereocenters. The van der Waals surface area contributed by atoms with E-state index in [0.717, 1.165) is 0 Å². The summed E-state index contributed by atoms with van der Waals surface area (Å²) in [5, 5.41) is 0. The summed E-state index contributed by atoms with van der Waals surface area (Å²) in [5.41, 5.74) is 0.393. The Kier molecular flexibility index (Phi) is 5.27. The summed E-state index contributed by atoms with van der Waals surface area (Å²) in [6.07, 6.45) is 0. The van der Waals surface area contributed by atoms with E-state index in [1.165, 1.54) is 7.11 Å². The number of carbonyl (C=O) groups excluding carboxylic acids is 1. The van der Waals surface area contributed by atoms with Crippen LogP contribution in [0.3, 0.4) is 0 Å². The van der Waals surface area contributed by atoms with Gasteiger partial charge in [0.05, 0.1) is 6.61 Å². The maximum absolute atomic E-state index is 11.6. The molecule has 0 heterocycles. The molecule has 5 nitrogen and oxygen atoms in total. The van der Waals surface area contributed by atoms with Crippen molar-refractivity contribution in [2.75, 3.05) is 26.0 Å². The minimum Gasteiger partial charge on any atom is -0.383 e. The fourth-order valence-electron chi connectivity index (χ4n) is 1.23. The van der Waals surface area contributed by atoms with Crippen LogP contribution in [-0.4, -0.2) is 40.2 Å². The van der Waals surface area contributed by atoms with Crippen molar-refractivity contribution in [1.82, 2.24) is 4.72 Å². The van der Waals surface area contributed by atoms with Gasteiger partial charge >= 0.3 is 0 Å². The second-order valence-electron chi connectivity index (χ2n) is 3.44. The predicted octanol–water partition coefficient (Wildman–Crippen LogP) is 0.435. The van der Waals surface area contributed by atoms with Crippen LogP contribution in [0, 0.1) is 0 Å². The number of nitrogens with one attached hydrogen (secondary N) is 1. The first-order valence-corrected chi connectivity index (χ1v) is 6.75. The largest absolute Gasteiger partial charge is 0.383 e. The van der Waals surface area contributed by atoms with Crippen LogP contribution in [0.4, 0.5) is 0 Å². The van der Waals surface area contributed by atoms with Crippen molar-refractivity contribution < 1.29 is 17.9 Å². The third-order valence-corrected chi connectivity index (χ3v) is 3.33. The number of hydrogen-bond donors (Lipinski definition) is 1. The predicted molar refractivity (Wildman–Crippen MR) is 64.4 cm³/mol. The first-order valence-electron chi connectivity index (χ1n) is 5.09. The number of Topliss-reactive ketones (excluding diaryl/α,β-unsaturated/α-hetero) is 1. The molecule has 0 saturated carbocycles. The van der Waals surface area contributed by atoms with Gasteiger partial charge in [-0.05, 0) is 0 Å². The zero-order chi connectivity index (χ0) is 12.7. The van der Waals surface area contributed by atoms with E-state index >= 15 is 0 Å². The lowest BCUT2D eigenvalue weighted by Crippen LogP contribution is -2.32. The van der Waals surface area contributed by atoms with Gasteiger partial charge in [-0.3, -0.25) is 4.79 Å². The summed E-state index contributed by atoms with van der Waals surface area (Å²) in [5.74, 6) is -0.962. The first-order chi connectivity index (χ1) is 8.05. The summed E-state index contributed by atoms with van der Waals surface area (Å²) in [6, 6.07) is 8.33. The lowest BCUT2D eigenvalue weighted by Gasteiger charge is -2.05. The van der Waals surface area contributed by atoms with Crippen LogP contribution in [0.15, 0.2) is 30.3 Å². The van der Waals surface area contributed by atoms with Gasteiger partial charge in [0.2, 0.25) is 10.0 Å². The van der Waals surface area contributed by atoms with Gasteiger partial charge in [-0.15, -0.1) is 0 Å². The zero-order valence-electron chi connectivity index (χ0n) is 9.55. The van der Waals surface area contributed by atoms with Crippen LogP contribution in [0.2, 0.25) is 0 Å². The van der Waals surface area contributed by atoms with Crippen LogP contribution in [0.5, 0.6) is 0 Å². The number of benzene rings is 1. The van der Waals surface area contributed by atoms with Crippen LogP contribution in [-0.2, 0) is 14.8 Å². The molecule has 0 aliphatic heterocycles. The number of methoxy groups -OCH3 is 1. The van der Waals surface area contributed by atoms with Gasteiger partial charge in [-0.2, -0.15) is 0 Å². The van der Waals surface area contributed by atoms with Crippen molar-refractivity contribution in [1.29, 1.82) is 0 Å². The van der Waals surface area contributed by atoms with E-state index in [2.05, 4.69) is 4.72 Å². The quantitative estimate of drug-likeness (QED) is 0.568. The van der Waals surface area contributed by atoms with Crippen molar-refractivity contribution in [3.63, 3.8) is 0 Å². The van der Waals surface area contributed by atoms with Crippen LogP contribution in [0.1, 0.15) is 10.4 Å². The topological polar surface area (TPSA) is 72.5 Å². The fourth-order valence-corrected chi connectivity index (χ4v) is 2.24. The summed E-state index contributed by atoms with van der Waals surface area (Å²) in [6.45, 7) is 0.444. The monoisotopic (exact) mass is 257 g/mol. The molecule has 0 saturated heterocycles. The van der Waals surface area contributed by atoms with Gasteiger partial charge in [0.1, 0.15) is 5.75 Å². The molecule has 0 atom stereocenters.